The molecule has 2 N–H and O–H groups in total. The predicted octanol–water partition coefficient (Wildman–Crippen LogP) is 2.49. The first-order valence-electron chi connectivity index (χ1n) is 6.47. The molecular formula is C15H24O2. The molecule has 0 saturated heterocycles. The smallest absolute Gasteiger partial charge is 0.213 e. The lowest BCUT2D eigenvalue weighted by Gasteiger charge is -2.18. The average molecular weight is 236 g/mol. The summed E-state index contributed by atoms with van der Waals surface area (Å²) >= 11 is 0. The second-order valence-corrected chi connectivity index (χ2v) is 4.25. The number of rotatable bonds is 5. The molecule has 0 saturated carbocycles. The van der Waals surface area contributed by atoms with Crippen LogP contribution in [0.1, 0.15) is 59.3 Å². The molecule has 1 atom stereocenters. The first kappa shape index (κ1) is 16.0. The number of aliphatic hydroxyl groups is 2. The maximum atomic E-state index is 10.1. The van der Waals surface area contributed by atoms with Gasteiger partial charge in [-0.15, -0.1) is 0 Å². The van der Waals surface area contributed by atoms with Crippen LogP contribution in [0.5, 0.6) is 0 Å². The van der Waals surface area contributed by atoms with E-state index in [1.807, 2.05) is 0 Å². The van der Waals surface area contributed by atoms with Gasteiger partial charge in [0.1, 0.15) is 6.10 Å². The largest absolute Gasteiger partial charge is 0.388 e. The third kappa shape index (κ3) is 7.05. The van der Waals surface area contributed by atoms with E-state index in [4.69, 9.17) is 0 Å². The van der Waals surface area contributed by atoms with E-state index in [1.165, 1.54) is 6.92 Å². The Morgan fingerprint density at radius 3 is 1.71 bits per heavy atom. The molecule has 0 fully saturated rings. The molecule has 17 heavy (non-hydrogen) atoms. The van der Waals surface area contributed by atoms with Crippen molar-refractivity contribution in [2.24, 2.45) is 0 Å². The highest BCUT2D eigenvalue weighted by Crippen LogP contribution is 2.09. The van der Waals surface area contributed by atoms with Crippen molar-refractivity contribution in [2.75, 3.05) is 0 Å². The number of unbranched alkanes of at least 4 members (excludes halogenated alkanes) is 4. The van der Waals surface area contributed by atoms with Crippen molar-refractivity contribution in [3.63, 3.8) is 0 Å². The SMILES string of the molecule is CCCCC#CC(O)(C#CCCCC)C(C)O. The van der Waals surface area contributed by atoms with Crippen LogP contribution >= 0.6 is 0 Å². The monoisotopic (exact) mass is 236 g/mol. The molecule has 0 aromatic heterocycles. The molecule has 1 unspecified atom stereocenters. The Hall–Kier alpha value is -0.960. The minimum Gasteiger partial charge on any atom is -0.388 e. The third-order valence-corrected chi connectivity index (χ3v) is 2.47. The highest BCUT2D eigenvalue weighted by Gasteiger charge is 2.27. The summed E-state index contributed by atoms with van der Waals surface area (Å²) in [4.78, 5) is 0. The molecule has 0 aromatic rings. The summed E-state index contributed by atoms with van der Waals surface area (Å²) in [5, 5.41) is 19.6. The van der Waals surface area contributed by atoms with E-state index in [1.54, 1.807) is 0 Å². The van der Waals surface area contributed by atoms with E-state index < -0.39 is 11.7 Å². The summed E-state index contributed by atoms with van der Waals surface area (Å²) in [7, 11) is 0. The summed E-state index contributed by atoms with van der Waals surface area (Å²) in [5.41, 5.74) is -1.57. The van der Waals surface area contributed by atoms with Crippen molar-refractivity contribution in [3.8, 4) is 23.7 Å². The Bertz CT molecular complexity index is 283. The molecule has 0 rings (SSSR count). The minimum absolute atomic E-state index is 0.738. The molecule has 0 radical (unpaired) electrons. The molecule has 0 heterocycles. The van der Waals surface area contributed by atoms with Gasteiger partial charge in [-0.3, -0.25) is 0 Å². The van der Waals surface area contributed by atoms with Crippen LogP contribution in [0.2, 0.25) is 0 Å². The van der Waals surface area contributed by atoms with Gasteiger partial charge in [0.15, 0.2) is 0 Å². The van der Waals surface area contributed by atoms with Crippen molar-refractivity contribution >= 4 is 0 Å². The first-order valence-corrected chi connectivity index (χ1v) is 6.47. The highest BCUT2D eigenvalue weighted by atomic mass is 16.3. The fraction of sp³-hybridized carbons (Fsp3) is 0.733. The van der Waals surface area contributed by atoms with E-state index in [0.717, 1.165) is 38.5 Å². The van der Waals surface area contributed by atoms with E-state index in [9.17, 15) is 10.2 Å². The van der Waals surface area contributed by atoms with Crippen LogP contribution in [-0.4, -0.2) is 21.9 Å². The summed E-state index contributed by atoms with van der Waals surface area (Å²) < 4.78 is 0. The zero-order valence-electron chi connectivity index (χ0n) is 11.2. The van der Waals surface area contributed by atoms with Gasteiger partial charge in [0, 0.05) is 12.8 Å². The standard InChI is InChI=1S/C15H24O2/c1-4-6-8-10-12-15(17,14(3)16)13-11-9-7-5-2/h14,16-17H,4-9H2,1-3H3. The fourth-order valence-corrected chi connectivity index (χ4v) is 1.16. The molecule has 0 amide bonds. The van der Waals surface area contributed by atoms with Crippen LogP contribution in [-0.2, 0) is 0 Å². The van der Waals surface area contributed by atoms with Gasteiger partial charge in [0.05, 0.1) is 0 Å². The summed E-state index contributed by atoms with van der Waals surface area (Å²) in [6.07, 6.45) is 4.68. The van der Waals surface area contributed by atoms with Gasteiger partial charge >= 0.3 is 0 Å². The number of hydrogen-bond acceptors (Lipinski definition) is 2. The third-order valence-electron chi connectivity index (χ3n) is 2.47. The summed E-state index contributed by atoms with van der Waals surface area (Å²) in [6.45, 7) is 5.70. The molecule has 0 aliphatic carbocycles. The topological polar surface area (TPSA) is 40.5 Å². The normalized spacial score (nSPS) is 12.1. The number of hydrogen-bond donors (Lipinski definition) is 2. The van der Waals surface area contributed by atoms with Gasteiger partial charge in [0.25, 0.3) is 0 Å². The van der Waals surface area contributed by atoms with Gasteiger partial charge in [-0.25, -0.2) is 0 Å². The maximum absolute atomic E-state index is 10.1. The van der Waals surface area contributed by atoms with Crippen molar-refractivity contribution in [1.29, 1.82) is 0 Å². The van der Waals surface area contributed by atoms with Crippen LogP contribution in [0.3, 0.4) is 0 Å². The lowest BCUT2D eigenvalue weighted by atomic mass is 9.98. The average Bonchev–Trinajstić information content (AvgIpc) is 2.30. The van der Waals surface area contributed by atoms with Crippen molar-refractivity contribution < 1.29 is 10.2 Å². The van der Waals surface area contributed by atoms with Gasteiger partial charge in [0.2, 0.25) is 5.60 Å². The quantitative estimate of drug-likeness (QED) is 0.569. The maximum Gasteiger partial charge on any atom is 0.213 e. The predicted molar refractivity (Wildman–Crippen MR) is 71.2 cm³/mol. The van der Waals surface area contributed by atoms with Gasteiger partial charge in [-0.1, -0.05) is 50.4 Å². The molecule has 2 nitrogen and oxygen atoms in total. The van der Waals surface area contributed by atoms with E-state index in [-0.39, 0.29) is 0 Å². The summed E-state index contributed by atoms with van der Waals surface area (Å²) in [5.74, 6) is 11.2. The summed E-state index contributed by atoms with van der Waals surface area (Å²) in [6, 6.07) is 0. The van der Waals surface area contributed by atoms with Crippen molar-refractivity contribution in [3.05, 3.63) is 0 Å². The lowest BCUT2D eigenvalue weighted by molar-refractivity contribution is 0.0200. The number of aliphatic hydroxyl groups excluding tert-OH is 1. The van der Waals surface area contributed by atoms with E-state index in [2.05, 4.69) is 37.5 Å². The van der Waals surface area contributed by atoms with Gasteiger partial charge < -0.3 is 10.2 Å². The molecule has 0 bridgehead atoms. The van der Waals surface area contributed by atoms with Gasteiger partial charge in [-0.05, 0) is 19.8 Å². The van der Waals surface area contributed by atoms with Crippen molar-refractivity contribution in [1.82, 2.24) is 0 Å². The second-order valence-electron chi connectivity index (χ2n) is 4.25. The molecule has 0 spiro atoms. The van der Waals surface area contributed by atoms with Crippen LogP contribution < -0.4 is 0 Å². The molecule has 0 aromatic carbocycles. The fourth-order valence-electron chi connectivity index (χ4n) is 1.16. The van der Waals surface area contributed by atoms with Crippen molar-refractivity contribution in [2.45, 2.75) is 71.0 Å². The first-order chi connectivity index (χ1) is 8.06. The van der Waals surface area contributed by atoms with Gasteiger partial charge in [-0.2, -0.15) is 0 Å². The Kier molecular flexibility index (Phi) is 8.60. The zero-order valence-corrected chi connectivity index (χ0v) is 11.2. The molecular weight excluding hydrogens is 212 g/mol. The Balaban J connectivity index is 4.52. The Morgan fingerprint density at radius 2 is 1.41 bits per heavy atom. The van der Waals surface area contributed by atoms with E-state index in [0.29, 0.717) is 0 Å². The van der Waals surface area contributed by atoms with Crippen LogP contribution in [0, 0.1) is 23.7 Å². The molecule has 2 heteroatoms. The van der Waals surface area contributed by atoms with Crippen LogP contribution in [0.4, 0.5) is 0 Å². The Labute approximate surface area is 105 Å². The lowest BCUT2D eigenvalue weighted by Crippen LogP contribution is -2.37. The van der Waals surface area contributed by atoms with Crippen LogP contribution in [0.15, 0.2) is 0 Å². The van der Waals surface area contributed by atoms with Crippen LogP contribution in [0.25, 0.3) is 0 Å². The molecule has 96 valence electrons. The zero-order chi connectivity index (χ0) is 13.1. The van der Waals surface area contributed by atoms with E-state index >= 15 is 0 Å². The minimum atomic E-state index is -1.57. The molecule has 0 aliphatic heterocycles. The Morgan fingerprint density at radius 1 is 1.00 bits per heavy atom. The highest BCUT2D eigenvalue weighted by molar-refractivity contribution is 5.31. The second kappa shape index (κ2) is 9.11. The molecule has 0 aliphatic rings.